The van der Waals surface area contributed by atoms with Gasteiger partial charge in [0, 0.05) is 21.9 Å². The Morgan fingerprint density at radius 1 is 0.339 bits per heavy atom. The number of aromatic nitrogens is 1. The number of fused-ring (bicyclic) bond motifs is 3. The average Bonchev–Trinajstić information content (AvgIpc) is 3.72. The molecule has 0 aliphatic rings. The molecule has 264 valence electrons. The van der Waals surface area contributed by atoms with E-state index in [1.165, 1.54) is 0 Å². The summed E-state index contributed by atoms with van der Waals surface area (Å²) in [6.45, 7) is 0. The van der Waals surface area contributed by atoms with Gasteiger partial charge in [0.15, 0.2) is 8.07 Å². The third-order valence-corrected chi connectivity index (χ3v) is 15.1. The first-order chi connectivity index (χ1) is 34.0. The Morgan fingerprint density at radius 3 is 1.27 bits per heavy atom. The molecule has 1 nitrogen and oxygen atoms in total. The van der Waals surface area contributed by atoms with Crippen molar-refractivity contribution in [3.8, 4) is 39.1 Å². The number of hydrogen-bond donors (Lipinski definition) is 0. The van der Waals surface area contributed by atoms with Gasteiger partial charge in [-0.3, -0.25) is 0 Å². The normalized spacial score (nSPS) is 15.3. The van der Waals surface area contributed by atoms with Crippen molar-refractivity contribution in [1.29, 1.82) is 0 Å². The summed E-state index contributed by atoms with van der Waals surface area (Å²) in [4.78, 5) is 0. The molecular formula is C54H39NSi. The van der Waals surface area contributed by atoms with Gasteiger partial charge in [0.25, 0.3) is 0 Å². The molecule has 10 aromatic rings. The molecule has 0 saturated heterocycles. The minimum Gasteiger partial charge on any atom is -0.308 e. The molecule has 0 unspecified atom stereocenters. The fourth-order valence-corrected chi connectivity index (χ4v) is 12.9. The summed E-state index contributed by atoms with van der Waals surface area (Å²) in [5, 5.41) is 4.47. The SMILES string of the molecule is [2H]c1c([2H])c([2H])c(-c2ccc3c(c2)c2ccccc2n3-c2c(-c3c([2H])c([2H])c([2H])c([2H])c3[2H])cc([Si](c3ccccc3)(c3ccccc3)c3ccccc3)cc2-c2c([2H])c([2H])c([2H])c([2H])c2[2H])c([2H])c1[2H]. The maximum Gasteiger partial charge on any atom is 0.179 e. The first-order valence-electron chi connectivity index (χ1n) is 25.6. The van der Waals surface area contributed by atoms with Crippen LogP contribution in [0.15, 0.2) is 236 Å². The van der Waals surface area contributed by atoms with Gasteiger partial charge in [-0.2, -0.15) is 0 Å². The lowest BCUT2D eigenvalue weighted by Crippen LogP contribution is -2.74. The standard InChI is InChI=1S/C54H39NSi/c1-7-21-40(22-8-1)43-35-36-53-51(37-43)48-33-19-20-34-52(48)55(53)54-49(41-23-9-2-10-24-41)38-47(39-50(54)42-25-11-3-12-26-42)56(44-27-13-4-14-28-44,45-29-15-5-16-30-45)46-31-17-6-18-32-46/h1-39H/i1D,2D,3D,7D,8D,9D,10D,11D,12D,21D,22D,23D,24D,25D,26D. The molecule has 0 bridgehead atoms. The Labute approximate surface area is 350 Å². The van der Waals surface area contributed by atoms with Gasteiger partial charge in [-0.1, -0.05) is 218 Å². The highest BCUT2D eigenvalue weighted by atomic mass is 28.3. The smallest absolute Gasteiger partial charge is 0.179 e. The van der Waals surface area contributed by atoms with Crippen LogP contribution in [0.1, 0.15) is 20.6 Å². The Bertz CT molecular complexity index is 3550. The summed E-state index contributed by atoms with van der Waals surface area (Å²) in [6.07, 6.45) is 0. The van der Waals surface area contributed by atoms with Crippen LogP contribution in [0, 0.1) is 0 Å². The molecule has 0 atom stereocenters. The van der Waals surface area contributed by atoms with Crippen molar-refractivity contribution in [2.75, 3.05) is 0 Å². The molecular weight excluding hydrogens is 691 g/mol. The molecule has 0 spiro atoms. The summed E-state index contributed by atoms with van der Waals surface area (Å²) in [5.74, 6) is 0. The molecule has 0 N–H and O–H groups in total. The lowest BCUT2D eigenvalue weighted by molar-refractivity contribution is 1.18. The van der Waals surface area contributed by atoms with Gasteiger partial charge in [0.05, 0.1) is 37.3 Å². The van der Waals surface area contributed by atoms with Crippen LogP contribution < -0.4 is 20.7 Å². The van der Waals surface area contributed by atoms with E-state index in [0.717, 1.165) is 15.6 Å². The molecule has 0 aliphatic heterocycles. The van der Waals surface area contributed by atoms with Crippen LogP contribution in [0.2, 0.25) is 0 Å². The summed E-state index contributed by atoms with van der Waals surface area (Å²) in [7, 11) is -3.65. The van der Waals surface area contributed by atoms with E-state index in [-0.39, 0.29) is 33.5 Å². The van der Waals surface area contributed by atoms with Gasteiger partial charge in [-0.05, 0) is 61.2 Å². The average molecular weight is 745 g/mol. The second kappa shape index (κ2) is 14.3. The molecule has 0 saturated carbocycles. The highest BCUT2D eigenvalue weighted by molar-refractivity contribution is 7.20. The summed E-state index contributed by atoms with van der Waals surface area (Å²) >= 11 is 0. The van der Waals surface area contributed by atoms with E-state index in [4.69, 9.17) is 15.1 Å². The third kappa shape index (κ3) is 5.62. The Morgan fingerprint density at radius 2 is 0.768 bits per heavy atom. The lowest BCUT2D eigenvalue weighted by Gasteiger charge is -2.36. The van der Waals surface area contributed by atoms with Gasteiger partial charge in [-0.15, -0.1) is 0 Å². The summed E-state index contributed by atoms with van der Waals surface area (Å²) in [6, 6.07) is 37.2. The number of para-hydroxylation sites is 1. The number of hydrogen-bond acceptors (Lipinski definition) is 0. The van der Waals surface area contributed by atoms with Crippen molar-refractivity contribution in [2.24, 2.45) is 0 Å². The lowest BCUT2D eigenvalue weighted by atomic mass is 9.95. The van der Waals surface area contributed by atoms with E-state index in [9.17, 15) is 5.48 Å². The topological polar surface area (TPSA) is 4.93 Å². The first kappa shape index (κ1) is 21.2. The molecule has 1 aromatic heterocycles. The van der Waals surface area contributed by atoms with E-state index >= 15 is 0 Å². The van der Waals surface area contributed by atoms with Crippen molar-refractivity contribution >= 4 is 50.6 Å². The van der Waals surface area contributed by atoms with E-state index < -0.39 is 98.7 Å². The van der Waals surface area contributed by atoms with Gasteiger partial charge in [0.2, 0.25) is 0 Å². The molecule has 0 aliphatic carbocycles. The maximum atomic E-state index is 9.60. The molecule has 56 heavy (non-hydrogen) atoms. The van der Waals surface area contributed by atoms with E-state index in [1.54, 1.807) is 34.9 Å². The van der Waals surface area contributed by atoms with Crippen LogP contribution in [-0.4, -0.2) is 12.6 Å². The molecule has 0 fully saturated rings. The fraction of sp³-hybridized carbons (Fsp3) is 0. The van der Waals surface area contributed by atoms with Gasteiger partial charge in [-0.25, -0.2) is 0 Å². The molecule has 9 aromatic carbocycles. The summed E-state index contributed by atoms with van der Waals surface area (Å²) in [5.41, 5.74) is 1.22. The predicted octanol–water partition coefficient (Wildman–Crippen LogP) is 11.2. The largest absolute Gasteiger partial charge is 0.308 e. The zero-order chi connectivity index (χ0) is 50.4. The number of benzene rings is 9. The molecule has 10 rings (SSSR count). The van der Waals surface area contributed by atoms with Crippen LogP contribution in [0.3, 0.4) is 0 Å². The second-order valence-electron chi connectivity index (χ2n) is 13.4. The fourth-order valence-electron chi connectivity index (χ4n) is 8.07. The van der Waals surface area contributed by atoms with E-state index in [0.29, 0.717) is 32.6 Å². The molecule has 1 heterocycles. The first-order valence-corrected chi connectivity index (χ1v) is 20.1. The maximum absolute atomic E-state index is 9.60. The van der Waals surface area contributed by atoms with Gasteiger partial charge in [0.1, 0.15) is 0 Å². The minimum absolute atomic E-state index is 0.0252. The summed E-state index contributed by atoms with van der Waals surface area (Å²) < 4.78 is 136. The van der Waals surface area contributed by atoms with Crippen molar-refractivity contribution in [2.45, 2.75) is 0 Å². The van der Waals surface area contributed by atoms with Crippen LogP contribution in [-0.2, 0) is 0 Å². The van der Waals surface area contributed by atoms with Crippen LogP contribution in [0.4, 0.5) is 0 Å². The minimum atomic E-state index is -3.65. The quantitative estimate of drug-likeness (QED) is 0.108. The van der Waals surface area contributed by atoms with E-state index in [1.807, 2.05) is 115 Å². The monoisotopic (exact) mass is 744 g/mol. The van der Waals surface area contributed by atoms with Crippen molar-refractivity contribution in [3.05, 3.63) is 236 Å². The van der Waals surface area contributed by atoms with Crippen LogP contribution in [0.25, 0.3) is 60.9 Å². The molecule has 2 heteroatoms. The van der Waals surface area contributed by atoms with Crippen LogP contribution in [0.5, 0.6) is 0 Å². The van der Waals surface area contributed by atoms with Crippen molar-refractivity contribution in [3.63, 3.8) is 0 Å². The van der Waals surface area contributed by atoms with E-state index in [2.05, 4.69) is 0 Å². The highest BCUT2D eigenvalue weighted by Gasteiger charge is 2.42. The Hall–Kier alpha value is -7.00. The third-order valence-electron chi connectivity index (χ3n) is 10.4. The van der Waals surface area contributed by atoms with Crippen molar-refractivity contribution < 1.29 is 20.6 Å². The van der Waals surface area contributed by atoms with Crippen LogP contribution >= 0.6 is 0 Å². The highest BCUT2D eigenvalue weighted by Crippen LogP contribution is 2.42. The zero-order valence-corrected chi connectivity index (χ0v) is 30.8. The zero-order valence-electron chi connectivity index (χ0n) is 44.8. The van der Waals surface area contributed by atoms with Gasteiger partial charge >= 0.3 is 0 Å². The number of nitrogens with zero attached hydrogens (tertiary/aromatic N) is 1. The van der Waals surface area contributed by atoms with Gasteiger partial charge < -0.3 is 4.57 Å². The Balaban J connectivity index is 1.48. The Kier molecular flexibility index (Phi) is 5.42. The molecule has 0 radical (unpaired) electrons. The van der Waals surface area contributed by atoms with Crippen molar-refractivity contribution in [1.82, 2.24) is 4.57 Å². The molecule has 0 amide bonds. The number of rotatable bonds is 8. The predicted molar refractivity (Wildman–Crippen MR) is 241 cm³/mol. The second-order valence-corrected chi connectivity index (χ2v) is 17.2.